The minimum absolute atomic E-state index is 0.307. The summed E-state index contributed by atoms with van der Waals surface area (Å²) in [5, 5.41) is 20.6. The highest BCUT2D eigenvalue weighted by Crippen LogP contribution is 2.18. The molecule has 2 N–H and O–H groups in total. The molecule has 0 fully saturated rings. The molecule has 4 rings (SSSR count). The maximum atomic E-state index is 11.5. The first-order valence-corrected chi connectivity index (χ1v) is 21.7. The number of halogens is 1. The van der Waals surface area contributed by atoms with Gasteiger partial charge in [-0.15, -0.1) is 0 Å². The van der Waals surface area contributed by atoms with Crippen LogP contribution in [0.25, 0.3) is 11.3 Å². The lowest BCUT2D eigenvalue weighted by Gasteiger charge is -2.17. The number of aromatic nitrogens is 2. The number of carbonyl (C=O) groups is 2. The van der Waals surface area contributed by atoms with Crippen LogP contribution in [0, 0.1) is 0 Å². The number of hydrogen-bond donors (Lipinski definition) is 2. The van der Waals surface area contributed by atoms with Crippen molar-refractivity contribution in [3.05, 3.63) is 101 Å². The molecule has 0 aliphatic heterocycles. The molecule has 8 nitrogen and oxygen atoms in total. The zero-order chi connectivity index (χ0) is 33.1. The van der Waals surface area contributed by atoms with Crippen LogP contribution in [0.2, 0.25) is 39.3 Å². The highest BCUT2D eigenvalue weighted by molar-refractivity contribution is 9.10. The molecule has 2 aromatic heterocycles. The van der Waals surface area contributed by atoms with Gasteiger partial charge in [0, 0.05) is 5.56 Å². The molecule has 2 aromatic carbocycles. The van der Waals surface area contributed by atoms with E-state index in [0.29, 0.717) is 21.5 Å². The van der Waals surface area contributed by atoms with Gasteiger partial charge in [-0.2, -0.15) is 0 Å². The van der Waals surface area contributed by atoms with E-state index in [1.54, 1.807) is 30.3 Å². The van der Waals surface area contributed by atoms with Crippen molar-refractivity contribution in [3.63, 3.8) is 0 Å². The molecule has 12 heteroatoms. The third-order valence-electron chi connectivity index (χ3n) is 6.33. The first kappa shape index (κ1) is 36.8. The monoisotopic (exact) mass is 694 g/mol. The van der Waals surface area contributed by atoms with Crippen LogP contribution in [-0.4, -0.2) is 69.4 Å². The Hall–Kier alpha value is -3.42. The Kier molecular flexibility index (Phi) is 13.9. The van der Waals surface area contributed by atoms with Crippen LogP contribution in [0.15, 0.2) is 89.5 Å². The maximum absolute atomic E-state index is 11.5. The molecular formula is C32H40BBrN2O6Si2. The van der Waals surface area contributed by atoms with Crippen LogP contribution >= 0.6 is 15.9 Å². The van der Waals surface area contributed by atoms with E-state index < -0.39 is 35.2 Å². The molecule has 0 saturated carbocycles. The number of benzene rings is 2. The zero-order valence-electron chi connectivity index (χ0n) is 26.5. The fourth-order valence-electron chi connectivity index (χ4n) is 3.75. The van der Waals surface area contributed by atoms with Crippen molar-refractivity contribution in [3.8, 4) is 11.3 Å². The number of esters is 2. The number of pyridine rings is 2. The number of rotatable bonds is 6. The molecule has 0 unspecified atom stereocenters. The molecule has 0 aliphatic rings. The van der Waals surface area contributed by atoms with E-state index in [0.717, 1.165) is 11.3 Å². The van der Waals surface area contributed by atoms with Crippen molar-refractivity contribution in [2.24, 2.45) is 0 Å². The standard InChI is InChI=1S/C16H19NO2Si.C9H15BO2Si.C7H6BrNO2/c1-19-16(18)15-10-6-9-14(17-15)12-7-5-8-13(11-12)20(2,3)4;1-13(2,3)9-6-4-5-8(7-9)10(11)12;1-11-7(10)5-3-2-4-6(8)9-5/h5-11H,1-4H3;4-7,11-12H,1-3H3;2-4H,1H3. The summed E-state index contributed by atoms with van der Waals surface area (Å²) in [5.74, 6) is -0.834. The lowest BCUT2D eigenvalue weighted by atomic mass is 9.80. The second-order valence-electron chi connectivity index (χ2n) is 11.8. The first-order valence-electron chi connectivity index (χ1n) is 13.9. The van der Waals surface area contributed by atoms with Crippen molar-refractivity contribution in [1.82, 2.24) is 9.97 Å². The van der Waals surface area contributed by atoms with Crippen LogP contribution < -0.4 is 15.8 Å². The predicted octanol–water partition coefficient (Wildman–Crippen LogP) is 4.62. The second-order valence-corrected chi connectivity index (χ2v) is 22.8. The van der Waals surface area contributed by atoms with E-state index in [9.17, 15) is 9.59 Å². The van der Waals surface area contributed by atoms with E-state index in [1.807, 2.05) is 30.3 Å². The molecule has 4 aromatic rings. The van der Waals surface area contributed by atoms with Crippen LogP contribution in [0.4, 0.5) is 0 Å². The van der Waals surface area contributed by atoms with Crippen LogP contribution in [0.5, 0.6) is 0 Å². The molecule has 0 amide bonds. The smallest absolute Gasteiger partial charge is 0.464 e. The van der Waals surface area contributed by atoms with Gasteiger partial charge in [0.05, 0.1) is 36.1 Å². The summed E-state index contributed by atoms with van der Waals surface area (Å²) < 4.78 is 9.80. The molecule has 0 radical (unpaired) electrons. The van der Waals surface area contributed by atoms with E-state index in [1.165, 1.54) is 24.6 Å². The average molecular weight is 696 g/mol. The molecule has 0 atom stereocenters. The molecular weight excluding hydrogens is 655 g/mol. The SMILES string of the molecule is COC(=O)c1cccc(-c2cccc([Si](C)(C)C)c2)n1.COC(=O)c1cccc(Br)n1.C[Si](C)(C)c1cccc(B(O)O)c1. The molecule has 2 heterocycles. The Morgan fingerprint density at radius 3 is 1.66 bits per heavy atom. The van der Waals surface area contributed by atoms with E-state index in [4.69, 9.17) is 14.8 Å². The second kappa shape index (κ2) is 16.6. The van der Waals surface area contributed by atoms with Crippen molar-refractivity contribution in [2.75, 3.05) is 14.2 Å². The molecule has 44 heavy (non-hydrogen) atoms. The summed E-state index contributed by atoms with van der Waals surface area (Å²) in [4.78, 5) is 30.7. The highest BCUT2D eigenvalue weighted by Gasteiger charge is 2.19. The quantitative estimate of drug-likeness (QED) is 0.171. The third kappa shape index (κ3) is 11.6. The number of methoxy groups -OCH3 is 2. The lowest BCUT2D eigenvalue weighted by Crippen LogP contribution is -2.42. The van der Waals surface area contributed by atoms with Crippen molar-refractivity contribution in [1.29, 1.82) is 0 Å². The Balaban J connectivity index is 0.000000244. The summed E-state index contributed by atoms with van der Waals surface area (Å²) in [5.41, 5.74) is 3.06. The summed E-state index contributed by atoms with van der Waals surface area (Å²) >= 11 is 3.14. The van der Waals surface area contributed by atoms with E-state index >= 15 is 0 Å². The van der Waals surface area contributed by atoms with Crippen LogP contribution in [0.1, 0.15) is 21.0 Å². The molecule has 232 valence electrons. The van der Waals surface area contributed by atoms with E-state index in [2.05, 4.69) is 94.2 Å². The van der Waals surface area contributed by atoms with E-state index in [-0.39, 0.29) is 0 Å². The Morgan fingerprint density at radius 2 is 1.16 bits per heavy atom. The topological polar surface area (TPSA) is 119 Å². The minimum Gasteiger partial charge on any atom is -0.464 e. The average Bonchev–Trinajstić information content (AvgIpc) is 3.00. The van der Waals surface area contributed by atoms with Gasteiger partial charge in [0.15, 0.2) is 0 Å². The fourth-order valence-corrected chi connectivity index (χ4v) is 6.48. The minimum atomic E-state index is -1.36. The Bertz CT molecular complexity index is 1560. The maximum Gasteiger partial charge on any atom is 0.488 e. The van der Waals surface area contributed by atoms with Gasteiger partial charge in [-0.25, -0.2) is 19.6 Å². The van der Waals surface area contributed by atoms with Crippen molar-refractivity contribution >= 4 is 67.0 Å². The van der Waals surface area contributed by atoms with Gasteiger partial charge >= 0.3 is 19.1 Å². The van der Waals surface area contributed by atoms with Crippen molar-refractivity contribution in [2.45, 2.75) is 39.3 Å². The first-order chi connectivity index (χ1) is 20.6. The summed E-state index contributed by atoms with van der Waals surface area (Å²) in [6.45, 7) is 13.6. The number of carbonyl (C=O) groups excluding carboxylic acids is 2. The van der Waals surface area contributed by atoms with Crippen molar-refractivity contribution < 1.29 is 29.1 Å². The van der Waals surface area contributed by atoms with Gasteiger partial charge in [0.2, 0.25) is 0 Å². The summed E-state index contributed by atoms with van der Waals surface area (Å²) in [7, 11) is -1.35. The van der Waals surface area contributed by atoms with Crippen LogP contribution in [-0.2, 0) is 9.47 Å². The van der Waals surface area contributed by atoms with Gasteiger partial charge in [-0.3, -0.25) is 0 Å². The third-order valence-corrected chi connectivity index (χ3v) is 10.9. The largest absolute Gasteiger partial charge is 0.488 e. The number of ether oxygens (including phenoxy) is 2. The summed E-state index contributed by atoms with van der Waals surface area (Å²) in [6, 6.07) is 26.4. The highest BCUT2D eigenvalue weighted by atomic mass is 79.9. The lowest BCUT2D eigenvalue weighted by molar-refractivity contribution is 0.0585. The predicted molar refractivity (Wildman–Crippen MR) is 187 cm³/mol. The van der Waals surface area contributed by atoms with Gasteiger partial charge in [0.1, 0.15) is 16.0 Å². The molecule has 0 spiro atoms. The van der Waals surface area contributed by atoms with Gasteiger partial charge in [0.25, 0.3) is 0 Å². The Labute approximate surface area is 270 Å². The van der Waals surface area contributed by atoms with Gasteiger partial charge in [-0.1, -0.05) is 110 Å². The normalized spacial score (nSPS) is 10.8. The van der Waals surface area contributed by atoms with Gasteiger partial charge in [-0.05, 0) is 45.7 Å². The summed E-state index contributed by atoms with van der Waals surface area (Å²) in [6.07, 6.45) is 0. The Morgan fingerprint density at radius 1 is 0.682 bits per heavy atom. The zero-order valence-corrected chi connectivity index (χ0v) is 30.0. The van der Waals surface area contributed by atoms with Gasteiger partial charge < -0.3 is 19.5 Å². The number of nitrogens with zero attached hydrogens (tertiary/aromatic N) is 2. The number of hydrogen-bond acceptors (Lipinski definition) is 8. The molecule has 0 aliphatic carbocycles. The molecule has 0 bridgehead atoms. The van der Waals surface area contributed by atoms with Crippen LogP contribution in [0.3, 0.4) is 0 Å². The molecule has 0 saturated heterocycles. The fraction of sp³-hybridized carbons (Fsp3) is 0.250.